The number of halogens is 2. The number of amides is 2. The van der Waals surface area contributed by atoms with Crippen LogP contribution >= 0.6 is 11.6 Å². The summed E-state index contributed by atoms with van der Waals surface area (Å²) >= 11 is 5.78. The molecule has 1 N–H and O–H groups in total. The first kappa shape index (κ1) is 20.7. The number of carbonyl (C=O) groups is 2. The minimum absolute atomic E-state index is 0.0495. The Bertz CT molecular complexity index is 886. The molecule has 0 atom stereocenters. The lowest BCUT2D eigenvalue weighted by atomic mass is 10.1. The van der Waals surface area contributed by atoms with Crippen LogP contribution in [0.3, 0.4) is 0 Å². The largest absolute Gasteiger partial charge is 0.508 e. The van der Waals surface area contributed by atoms with Gasteiger partial charge < -0.3 is 14.9 Å². The number of likely N-dealkylation sites (N-methyl/N-ethyl adjacent to an activating group) is 2. The fourth-order valence-corrected chi connectivity index (χ4v) is 2.72. The number of rotatable bonds is 5. The van der Waals surface area contributed by atoms with Gasteiger partial charge in [-0.1, -0.05) is 23.7 Å². The highest BCUT2D eigenvalue weighted by Gasteiger charge is 2.21. The minimum atomic E-state index is -0.743. The van der Waals surface area contributed by atoms with E-state index in [2.05, 4.69) is 0 Å². The summed E-state index contributed by atoms with van der Waals surface area (Å²) in [6, 6.07) is 7.70. The molecule has 7 heteroatoms. The molecular formula is C20H22ClFN2O3. The molecule has 0 spiro atoms. The van der Waals surface area contributed by atoms with Gasteiger partial charge in [-0.15, -0.1) is 0 Å². The number of hydrogen-bond acceptors (Lipinski definition) is 3. The highest BCUT2D eigenvalue weighted by atomic mass is 35.5. The monoisotopic (exact) mass is 392 g/mol. The van der Waals surface area contributed by atoms with Gasteiger partial charge in [0.1, 0.15) is 5.75 Å². The van der Waals surface area contributed by atoms with Crippen molar-refractivity contribution < 1.29 is 19.1 Å². The van der Waals surface area contributed by atoms with Crippen LogP contribution in [0.2, 0.25) is 5.02 Å². The summed E-state index contributed by atoms with van der Waals surface area (Å²) in [5.41, 5.74) is 1.46. The SMILES string of the molecule is Cc1ccc(C(=O)N(C)CCN(C)C(=O)c2c(C)ccc(Cl)c2F)cc1O. The average Bonchev–Trinajstić information content (AvgIpc) is 2.64. The summed E-state index contributed by atoms with van der Waals surface area (Å²) in [6.45, 7) is 3.84. The molecule has 5 nitrogen and oxygen atoms in total. The second-order valence-electron chi connectivity index (χ2n) is 6.51. The Morgan fingerprint density at radius 3 is 2.15 bits per heavy atom. The zero-order valence-electron chi connectivity index (χ0n) is 15.7. The molecule has 2 aromatic rings. The number of phenols is 1. The van der Waals surface area contributed by atoms with Gasteiger partial charge in [0, 0.05) is 32.7 Å². The molecule has 2 amide bonds. The molecule has 0 saturated carbocycles. The molecule has 0 aliphatic rings. The normalized spacial score (nSPS) is 10.6. The molecule has 2 rings (SSSR count). The topological polar surface area (TPSA) is 60.9 Å². The van der Waals surface area contributed by atoms with E-state index >= 15 is 0 Å². The molecule has 0 aliphatic heterocycles. The summed E-state index contributed by atoms with van der Waals surface area (Å²) in [5.74, 6) is -1.47. The Kier molecular flexibility index (Phi) is 6.44. The van der Waals surface area contributed by atoms with Crippen molar-refractivity contribution >= 4 is 23.4 Å². The predicted octanol–water partition coefficient (Wildman–Crippen LogP) is 3.65. The maximum atomic E-state index is 14.2. The zero-order valence-corrected chi connectivity index (χ0v) is 16.5. The van der Waals surface area contributed by atoms with Crippen LogP contribution < -0.4 is 0 Å². The quantitative estimate of drug-likeness (QED) is 0.844. The Morgan fingerprint density at radius 2 is 1.56 bits per heavy atom. The van der Waals surface area contributed by atoms with Gasteiger partial charge >= 0.3 is 0 Å². The van der Waals surface area contributed by atoms with Gasteiger partial charge in [-0.25, -0.2) is 4.39 Å². The van der Waals surface area contributed by atoms with Crippen molar-refractivity contribution in [2.75, 3.05) is 27.2 Å². The van der Waals surface area contributed by atoms with E-state index in [1.165, 1.54) is 29.0 Å². The van der Waals surface area contributed by atoms with Crippen molar-refractivity contribution in [3.63, 3.8) is 0 Å². The second kappa shape index (κ2) is 8.39. The predicted molar refractivity (Wildman–Crippen MR) is 103 cm³/mol. The van der Waals surface area contributed by atoms with Crippen LogP contribution in [0.5, 0.6) is 5.75 Å². The molecule has 0 aliphatic carbocycles. The van der Waals surface area contributed by atoms with Crippen molar-refractivity contribution in [1.29, 1.82) is 0 Å². The first-order valence-corrected chi connectivity index (χ1v) is 8.76. The molecule has 0 aromatic heterocycles. The third-order valence-corrected chi connectivity index (χ3v) is 4.73. The lowest BCUT2D eigenvalue weighted by Gasteiger charge is -2.23. The molecule has 0 bridgehead atoms. The standard InChI is InChI=1S/C20H22ClFN2O3/c1-12-5-7-14(11-16(12)25)19(26)23(3)9-10-24(4)20(27)17-13(2)6-8-15(21)18(17)22/h5-8,11,25H,9-10H2,1-4H3. The van der Waals surface area contributed by atoms with E-state index < -0.39 is 11.7 Å². The number of aromatic hydroxyl groups is 1. The number of hydrogen-bond donors (Lipinski definition) is 1. The molecule has 0 unspecified atom stereocenters. The van der Waals surface area contributed by atoms with Crippen molar-refractivity contribution in [1.82, 2.24) is 9.80 Å². The lowest BCUT2D eigenvalue weighted by molar-refractivity contribution is 0.0715. The summed E-state index contributed by atoms with van der Waals surface area (Å²) < 4.78 is 14.2. The summed E-state index contributed by atoms with van der Waals surface area (Å²) in [5, 5.41) is 9.64. The van der Waals surface area contributed by atoms with E-state index in [-0.39, 0.29) is 35.3 Å². The van der Waals surface area contributed by atoms with Crippen LogP contribution in [0.15, 0.2) is 30.3 Å². The lowest BCUT2D eigenvalue weighted by Crippen LogP contribution is -2.37. The van der Waals surface area contributed by atoms with Gasteiger partial charge in [0.2, 0.25) is 0 Å². The Labute approximate surface area is 163 Å². The number of aryl methyl sites for hydroxylation is 2. The zero-order chi connectivity index (χ0) is 20.3. The van der Waals surface area contributed by atoms with Gasteiger partial charge in [-0.05, 0) is 43.2 Å². The van der Waals surface area contributed by atoms with E-state index in [4.69, 9.17) is 11.6 Å². The molecule has 27 heavy (non-hydrogen) atoms. The maximum absolute atomic E-state index is 14.2. The molecule has 0 fully saturated rings. The fourth-order valence-electron chi connectivity index (χ4n) is 2.57. The molecule has 0 radical (unpaired) electrons. The highest BCUT2D eigenvalue weighted by molar-refractivity contribution is 6.31. The van der Waals surface area contributed by atoms with E-state index in [1.807, 2.05) is 0 Å². The second-order valence-corrected chi connectivity index (χ2v) is 6.92. The average molecular weight is 393 g/mol. The van der Waals surface area contributed by atoms with Crippen LogP contribution in [-0.2, 0) is 0 Å². The molecule has 144 valence electrons. The number of nitrogens with zero attached hydrogens (tertiary/aromatic N) is 2. The number of phenolic OH excluding ortho intramolecular Hbond substituents is 1. The molecule has 2 aromatic carbocycles. The first-order chi connectivity index (χ1) is 12.6. The minimum Gasteiger partial charge on any atom is -0.508 e. The summed E-state index contributed by atoms with van der Waals surface area (Å²) in [7, 11) is 3.14. The van der Waals surface area contributed by atoms with Crippen LogP contribution in [-0.4, -0.2) is 53.9 Å². The van der Waals surface area contributed by atoms with E-state index in [9.17, 15) is 19.1 Å². The van der Waals surface area contributed by atoms with Crippen molar-refractivity contribution in [3.8, 4) is 5.75 Å². The first-order valence-electron chi connectivity index (χ1n) is 8.38. The van der Waals surface area contributed by atoms with E-state index in [0.29, 0.717) is 16.7 Å². The van der Waals surface area contributed by atoms with Gasteiger partial charge in [0.25, 0.3) is 11.8 Å². The van der Waals surface area contributed by atoms with Gasteiger partial charge in [-0.2, -0.15) is 0 Å². The smallest absolute Gasteiger partial charge is 0.256 e. The van der Waals surface area contributed by atoms with Crippen molar-refractivity contribution in [3.05, 3.63) is 63.4 Å². The van der Waals surface area contributed by atoms with Crippen molar-refractivity contribution in [2.45, 2.75) is 13.8 Å². The maximum Gasteiger partial charge on any atom is 0.256 e. The van der Waals surface area contributed by atoms with Gasteiger partial charge in [0.05, 0.1) is 10.6 Å². The van der Waals surface area contributed by atoms with Crippen LogP contribution in [0, 0.1) is 19.7 Å². The molecule has 0 heterocycles. The molecular weight excluding hydrogens is 371 g/mol. The third-order valence-electron chi connectivity index (χ3n) is 4.44. The number of benzene rings is 2. The van der Waals surface area contributed by atoms with Crippen LogP contribution in [0.25, 0.3) is 0 Å². The Morgan fingerprint density at radius 1 is 1.00 bits per heavy atom. The molecule has 0 saturated heterocycles. The van der Waals surface area contributed by atoms with E-state index in [0.717, 1.165) is 0 Å². The van der Waals surface area contributed by atoms with Crippen molar-refractivity contribution in [2.24, 2.45) is 0 Å². The van der Waals surface area contributed by atoms with Crippen LogP contribution in [0.4, 0.5) is 4.39 Å². The summed E-state index contributed by atoms with van der Waals surface area (Å²) in [4.78, 5) is 27.8. The van der Waals surface area contributed by atoms with Gasteiger partial charge in [0.15, 0.2) is 5.82 Å². The Hall–Kier alpha value is -2.60. The van der Waals surface area contributed by atoms with E-state index in [1.54, 1.807) is 39.1 Å². The third kappa shape index (κ3) is 4.57. The number of carbonyl (C=O) groups excluding carboxylic acids is 2. The Balaban J connectivity index is 2.05. The fraction of sp³-hybridized carbons (Fsp3) is 0.300. The summed E-state index contributed by atoms with van der Waals surface area (Å²) in [6.07, 6.45) is 0. The van der Waals surface area contributed by atoms with Crippen LogP contribution in [0.1, 0.15) is 31.8 Å². The van der Waals surface area contributed by atoms with Gasteiger partial charge in [-0.3, -0.25) is 9.59 Å². The highest BCUT2D eigenvalue weighted by Crippen LogP contribution is 2.23.